The number of amides is 2. The van der Waals surface area contributed by atoms with Crippen LogP contribution in [0.15, 0.2) is 30.3 Å². The van der Waals surface area contributed by atoms with Crippen LogP contribution in [0.25, 0.3) is 11.3 Å². The summed E-state index contributed by atoms with van der Waals surface area (Å²) in [4.78, 5) is 30.6. The number of piperazine rings is 1. The Morgan fingerprint density at radius 2 is 1.66 bits per heavy atom. The lowest BCUT2D eigenvalue weighted by molar-refractivity contribution is -0.131. The van der Waals surface area contributed by atoms with Crippen LogP contribution in [0.2, 0.25) is 0 Å². The van der Waals surface area contributed by atoms with Crippen LogP contribution in [-0.2, 0) is 11.8 Å². The highest BCUT2D eigenvalue weighted by Crippen LogP contribution is 2.23. The molecule has 0 bridgehead atoms. The van der Waals surface area contributed by atoms with Crippen LogP contribution in [0.4, 0.5) is 4.39 Å². The van der Waals surface area contributed by atoms with Gasteiger partial charge < -0.3 is 14.9 Å². The minimum Gasteiger partial charge on any atom is -0.391 e. The zero-order chi connectivity index (χ0) is 22.8. The molecule has 2 amide bonds. The number of aliphatic hydroxyl groups is 1. The minimum absolute atomic E-state index is 0.0274. The third-order valence-corrected chi connectivity index (χ3v) is 6.59. The first-order valence-corrected chi connectivity index (χ1v) is 11.1. The normalized spacial score (nSPS) is 22.6. The molecule has 3 heterocycles. The summed E-state index contributed by atoms with van der Waals surface area (Å²) in [5.74, 6) is -0.394. The Morgan fingerprint density at radius 1 is 1.00 bits per heavy atom. The maximum absolute atomic E-state index is 13.2. The van der Waals surface area contributed by atoms with Crippen molar-refractivity contribution >= 4 is 11.8 Å². The second-order valence-corrected chi connectivity index (χ2v) is 8.59. The minimum atomic E-state index is -0.518. The highest BCUT2D eigenvalue weighted by Gasteiger charge is 2.33. The van der Waals surface area contributed by atoms with Crippen molar-refractivity contribution in [2.24, 2.45) is 7.05 Å². The molecule has 2 atom stereocenters. The van der Waals surface area contributed by atoms with Crippen molar-refractivity contribution in [1.82, 2.24) is 24.5 Å². The maximum Gasteiger partial charge on any atom is 0.274 e. The number of aliphatic hydroxyl groups excluding tert-OH is 1. The van der Waals surface area contributed by atoms with E-state index in [0.717, 1.165) is 24.3 Å². The number of aromatic nitrogens is 2. The number of likely N-dealkylation sites (tertiary alicyclic amines) is 1. The number of rotatable bonds is 3. The molecular formula is C23H30FN5O3. The summed E-state index contributed by atoms with van der Waals surface area (Å²) >= 11 is 0. The molecule has 0 saturated carbocycles. The number of aryl methyl sites for hydroxylation is 1. The topological polar surface area (TPSA) is 81.9 Å². The molecule has 2 aromatic rings. The molecule has 0 aliphatic carbocycles. The first kappa shape index (κ1) is 22.4. The van der Waals surface area contributed by atoms with Gasteiger partial charge in [0.25, 0.3) is 5.91 Å². The van der Waals surface area contributed by atoms with Crippen LogP contribution < -0.4 is 0 Å². The van der Waals surface area contributed by atoms with Gasteiger partial charge in [0.15, 0.2) is 5.69 Å². The summed E-state index contributed by atoms with van der Waals surface area (Å²) in [6.07, 6.45) is 0.654. The van der Waals surface area contributed by atoms with Crippen LogP contribution in [0.3, 0.4) is 0 Å². The molecule has 32 heavy (non-hydrogen) atoms. The molecule has 1 N–H and O–H groups in total. The number of hydrogen-bond donors (Lipinski definition) is 1. The Labute approximate surface area is 187 Å². The molecule has 9 heteroatoms. The molecule has 2 fully saturated rings. The van der Waals surface area contributed by atoms with E-state index in [1.54, 1.807) is 41.8 Å². The van der Waals surface area contributed by atoms with Gasteiger partial charge >= 0.3 is 0 Å². The second kappa shape index (κ2) is 9.38. The van der Waals surface area contributed by atoms with E-state index >= 15 is 0 Å². The Balaban J connectivity index is 1.42. The fraction of sp³-hybridized carbons (Fsp3) is 0.522. The monoisotopic (exact) mass is 443 g/mol. The summed E-state index contributed by atoms with van der Waals surface area (Å²) in [7, 11) is 1.76. The average molecular weight is 444 g/mol. The molecule has 2 aliphatic rings. The molecule has 172 valence electrons. The standard InChI is InChI=1S/C23H30FN5O3/c1-16(30)27-11-13-28(14-12-27)20-7-9-29(10-8-22(20)31)23(32)19-15-21(26(2)25-19)17-3-5-18(24)6-4-17/h3-6,15,20,22,31H,7-14H2,1-2H3/t20-,22-/m0/s1. The van der Waals surface area contributed by atoms with Crippen molar-refractivity contribution in [3.8, 4) is 11.3 Å². The molecule has 0 spiro atoms. The largest absolute Gasteiger partial charge is 0.391 e. The van der Waals surface area contributed by atoms with Gasteiger partial charge in [-0.05, 0) is 48.7 Å². The predicted molar refractivity (Wildman–Crippen MR) is 117 cm³/mol. The quantitative estimate of drug-likeness (QED) is 0.775. The highest BCUT2D eigenvalue weighted by molar-refractivity contribution is 5.93. The Morgan fingerprint density at radius 3 is 2.31 bits per heavy atom. The summed E-state index contributed by atoms with van der Waals surface area (Å²) in [6.45, 7) is 5.39. The lowest BCUT2D eigenvalue weighted by atomic mass is 10.0. The van der Waals surface area contributed by atoms with Gasteiger partial charge in [-0.3, -0.25) is 19.2 Å². The SMILES string of the molecule is CC(=O)N1CCN([C@H]2CCN(C(=O)c3cc(-c4ccc(F)cc4)n(C)n3)CC[C@@H]2O)CC1. The van der Waals surface area contributed by atoms with Crippen molar-refractivity contribution in [1.29, 1.82) is 0 Å². The Kier molecular flexibility index (Phi) is 6.57. The van der Waals surface area contributed by atoms with Crippen LogP contribution in [-0.4, -0.2) is 92.8 Å². The van der Waals surface area contributed by atoms with Crippen LogP contribution in [0.5, 0.6) is 0 Å². The van der Waals surface area contributed by atoms with Gasteiger partial charge in [-0.15, -0.1) is 0 Å². The number of carbonyl (C=O) groups is 2. The van der Waals surface area contributed by atoms with Crippen molar-refractivity contribution < 1.29 is 19.1 Å². The lowest BCUT2D eigenvalue weighted by Gasteiger charge is -2.40. The van der Waals surface area contributed by atoms with Crippen LogP contribution in [0.1, 0.15) is 30.3 Å². The van der Waals surface area contributed by atoms with E-state index in [0.29, 0.717) is 44.7 Å². The van der Waals surface area contributed by atoms with E-state index in [2.05, 4.69) is 10.00 Å². The third kappa shape index (κ3) is 4.68. The van der Waals surface area contributed by atoms with Crippen LogP contribution in [0, 0.1) is 5.82 Å². The van der Waals surface area contributed by atoms with Crippen molar-refractivity contribution in [2.45, 2.75) is 31.9 Å². The fourth-order valence-electron chi connectivity index (χ4n) is 4.69. The van der Waals surface area contributed by atoms with Crippen molar-refractivity contribution in [3.63, 3.8) is 0 Å². The zero-order valence-electron chi connectivity index (χ0n) is 18.6. The Bertz CT molecular complexity index is 969. The third-order valence-electron chi connectivity index (χ3n) is 6.59. The van der Waals surface area contributed by atoms with Gasteiger partial charge in [0.1, 0.15) is 5.82 Å². The van der Waals surface area contributed by atoms with Gasteiger partial charge in [0, 0.05) is 59.3 Å². The van der Waals surface area contributed by atoms with Gasteiger partial charge in [-0.2, -0.15) is 5.10 Å². The Hall–Kier alpha value is -2.78. The number of hydrogen-bond acceptors (Lipinski definition) is 5. The first-order valence-electron chi connectivity index (χ1n) is 11.1. The smallest absolute Gasteiger partial charge is 0.274 e. The average Bonchev–Trinajstić information content (AvgIpc) is 3.06. The number of halogens is 1. The van der Waals surface area contributed by atoms with E-state index in [9.17, 15) is 19.1 Å². The van der Waals surface area contributed by atoms with E-state index in [-0.39, 0.29) is 23.7 Å². The van der Waals surface area contributed by atoms with Gasteiger partial charge in [-0.25, -0.2) is 4.39 Å². The van der Waals surface area contributed by atoms with Gasteiger partial charge in [0.05, 0.1) is 11.8 Å². The molecule has 4 rings (SSSR count). The van der Waals surface area contributed by atoms with E-state index in [1.165, 1.54) is 12.1 Å². The summed E-state index contributed by atoms with van der Waals surface area (Å²) in [6, 6.07) is 7.81. The van der Waals surface area contributed by atoms with E-state index in [1.807, 2.05) is 4.90 Å². The van der Waals surface area contributed by atoms with E-state index < -0.39 is 6.10 Å². The van der Waals surface area contributed by atoms with Gasteiger partial charge in [0.2, 0.25) is 5.91 Å². The molecule has 1 aromatic heterocycles. The number of nitrogens with zero attached hydrogens (tertiary/aromatic N) is 5. The second-order valence-electron chi connectivity index (χ2n) is 8.59. The van der Waals surface area contributed by atoms with Crippen molar-refractivity contribution in [3.05, 3.63) is 41.8 Å². The molecule has 1 aromatic carbocycles. The predicted octanol–water partition coefficient (Wildman–Crippen LogP) is 1.36. The highest BCUT2D eigenvalue weighted by atomic mass is 19.1. The summed E-state index contributed by atoms with van der Waals surface area (Å²) in [5, 5.41) is 15.1. The lowest BCUT2D eigenvalue weighted by Crippen LogP contribution is -2.54. The molecule has 0 radical (unpaired) electrons. The molecule has 2 saturated heterocycles. The number of carbonyl (C=O) groups excluding carboxylic acids is 2. The first-order chi connectivity index (χ1) is 15.3. The van der Waals surface area contributed by atoms with Crippen LogP contribution >= 0.6 is 0 Å². The van der Waals surface area contributed by atoms with Crippen molar-refractivity contribution in [2.75, 3.05) is 39.3 Å². The molecular weight excluding hydrogens is 413 g/mol. The van der Waals surface area contributed by atoms with Gasteiger partial charge in [-0.1, -0.05) is 0 Å². The summed E-state index contributed by atoms with van der Waals surface area (Å²) < 4.78 is 14.9. The molecule has 8 nitrogen and oxygen atoms in total. The molecule has 0 unspecified atom stereocenters. The summed E-state index contributed by atoms with van der Waals surface area (Å²) in [5.41, 5.74) is 1.87. The number of benzene rings is 1. The van der Waals surface area contributed by atoms with E-state index in [4.69, 9.17) is 0 Å². The fourth-order valence-corrected chi connectivity index (χ4v) is 4.69. The zero-order valence-corrected chi connectivity index (χ0v) is 18.6. The maximum atomic E-state index is 13.2. The molecule has 2 aliphatic heterocycles.